The van der Waals surface area contributed by atoms with Crippen molar-refractivity contribution in [1.29, 1.82) is 0 Å². The predicted octanol–water partition coefficient (Wildman–Crippen LogP) is 1.63. The Hall–Kier alpha value is -2.46. The second-order valence-corrected chi connectivity index (χ2v) is 8.20. The molecular weight excluding hydrogens is 395 g/mol. The van der Waals surface area contributed by atoms with Crippen LogP contribution in [0.25, 0.3) is 0 Å². The molecule has 2 aliphatic rings. The maximum Gasteiger partial charge on any atom is 0.238 e. The first kappa shape index (κ1) is 19.8. The normalized spacial score (nSPS) is 17.3. The minimum Gasteiger partial charge on any atom is -0.339 e. The van der Waals surface area contributed by atoms with Crippen LogP contribution in [0.15, 0.2) is 35.7 Å². The van der Waals surface area contributed by atoms with Crippen LogP contribution in [0.5, 0.6) is 0 Å². The van der Waals surface area contributed by atoms with Crippen LogP contribution < -0.4 is 5.32 Å². The summed E-state index contributed by atoms with van der Waals surface area (Å²) < 4.78 is 15.0. The van der Waals surface area contributed by atoms with E-state index in [4.69, 9.17) is 0 Å². The van der Waals surface area contributed by atoms with Gasteiger partial charge in [-0.15, -0.1) is 10.2 Å². The fraction of sp³-hybridized carbons (Fsp3) is 0.474. The molecule has 1 saturated heterocycles. The summed E-state index contributed by atoms with van der Waals surface area (Å²) in [4.78, 5) is 28.5. The molecule has 10 heteroatoms. The van der Waals surface area contributed by atoms with Crippen molar-refractivity contribution in [2.24, 2.45) is 0 Å². The number of anilines is 1. The minimum atomic E-state index is -0.338. The molecule has 154 valence electrons. The van der Waals surface area contributed by atoms with E-state index in [1.807, 2.05) is 9.80 Å². The molecule has 2 fully saturated rings. The molecule has 2 amide bonds. The van der Waals surface area contributed by atoms with Gasteiger partial charge in [0.15, 0.2) is 5.16 Å². The molecule has 0 bridgehead atoms. The van der Waals surface area contributed by atoms with Crippen LogP contribution in [-0.4, -0.2) is 74.9 Å². The van der Waals surface area contributed by atoms with Gasteiger partial charge in [-0.25, -0.2) is 4.39 Å². The number of hydrogen-bond donors (Lipinski definition) is 1. The Kier molecular flexibility index (Phi) is 6.10. The summed E-state index contributed by atoms with van der Waals surface area (Å²) in [7, 11) is 0. The molecule has 0 unspecified atom stereocenters. The molecule has 1 aliphatic carbocycles. The molecule has 2 aromatic rings. The summed E-state index contributed by atoms with van der Waals surface area (Å²) in [6, 6.07) is 6.18. The molecule has 4 rings (SSSR count). The third-order valence-corrected chi connectivity index (χ3v) is 5.97. The van der Waals surface area contributed by atoms with Crippen molar-refractivity contribution in [3.63, 3.8) is 0 Å². The lowest BCUT2D eigenvalue weighted by molar-refractivity contribution is -0.130. The smallest absolute Gasteiger partial charge is 0.238 e. The summed E-state index contributed by atoms with van der Waals surface area (Å²) in [6.45, 7) is 2.73. The van der Waals surface area contributed by atoms with Gasteiger partial charge in [-0.2, -0.15) is 0 Å². The van der Waals surface area contributed by atoms with Crippen LogP contribution in [0.4, 0.5) is 10.1 Å². The molecule has 1 aromatic heterocycles. The van der Waals surface area contributed by atoms with Gasteiger partial charge in [0.25, 0.3) is 0 Å². The van der Waals surface area contributed by atoms with Crippen LogP contribution >= 0.6 is 11.8 Å². The fourth-order valence-electron chi connectivity index (χ4n) is 3.25. The monoisotopic (exact) mass is 418 g/mol. The number of carbonyl (C=O) groups is 2. The molecular formula is C19H23FN6O2S. The highest BCUT2D eigenvalue weighted by atomic mass is 32.2. The zero-order valence-corrected chi connectivity index (χ0v) is 16.8. The highest BCUT2D eigenvalue weighted by molar-refractivity contribution is 7.99. The van der Waals surface area contributed by atoms with Crippen LogP contribution in [-0.2, 0) is 9.59 Å². The molecule has 0 radical (unpaired) electrons. The Balaban J connectivity index is 1.18. The van der Waals surface area contributed by atoms with E-state index in [-0.39, 0.29) is 24.2 Å². The predicted molar refractivity (Wildman–Crippen MR) is 107 cm³/mol. The standard InChI is InChI=1S/C19H23FN6O2S/c20-14-1-3-15(4-2-14)22-17(27)11-24-7-9-25(10-8-24)18(28)12-29-19-23-21-13-26(19)16-5-6-16/h1-4,13,16H,5-12H2,(H,22,27). The van der Waals surface area contributed by atoms with Crippen molar-refractivity contribution in [1.82, 2.24) is 24.6 Å². The van der Waals surface area contributed by atoms with Crippen LogP contribution in [0.2, 0.25) is 0 Å². The first-order valence-electron chi connectivity index (χ1n) is 9.66. The number of halogens is 1. The third kappa shape index (κ3) is 5.33. The molecule has 0 atom stereocenters. The molecule has 8 nitrogen and oxygen atoms in total. The lowest BCUT2D eigenvalue weighted by atomic mass is 10.3. The SMILES string of the molecule is O=C(CN1CCN(C(=O)CSc2nncn2C2CC2)CC1)Nc1ccc(F)cc1. The van der Waals surface area contributed by atoms with E-state index in [1.54, 1.807) is 6.33 Å². The summed E-state index contributed by atoms with van der Waals surface area (Å²) in [6.07, 6.45) is 4.03. The van der Waals surface area contributed by atoms with Crippen LogP contribution in [0, 0.1) is 5.82 Å². The zero-order chi connectivity index (χ0) is 20.2. The Bertz CT molecular complexity index is 862. The number of rotatable bonds is 7. The molecule has 1 saturated carbocycles. The second-order valence-electron chi connectivity index (χ2n) is 7.25. The van der Waals surface area contributed by atoms with Crippen LogP contribution in [0.3, 0.4) is 0 Å². The molecule has 29 heavy (non-hydrogen) atoms. The van der Waals surface area contributed by atoms with Crippen molar-refractivity contribution in [3.8, 4) is 0 Å². The van der Waals surface area contributed by atoms with E-state index < -0.39 is 0 Å². The maximum absolute atomic E-state index is 12.9. The number of piperazine rings is 1. The van der Waals surface area contributed by atoms with Gasteiger partial charge in [0.1, 0.15) is 12.1 Å². The third-order valence-electron chi connectivity index (χ3n) is 5.03. The Morgan fingerprint density at radius 1 is 1.14 bits per heavy atom. The zero-order valence-electron chi connectivity index (χ0n) is 16.0. The van der Waals surface area contributed by atoms with E-state index in [0.29, 0.717) is 43.7 Å². The topological polar surface area (TPSA) is 83.4 Å². The minimum absolute atomic E-state index is 0.0794. The van der Waals surface area contributed by atoms with Gasteiger partial charge >= 0.3 is 0 Å². The summed E-state index contributed by atoms with van der Waals surface area (Å²) >= 11 is 1.43. The highest BCUT2D eigenvalue weighted by Gasteiger charge is 2.27. The summed E-state index contributed by atoms with van der Waals surface area (Å²) in [5.74, 6) is -0.0620. The largest absolute Gasteiger partial charge is 0.339 e. The van der Waals surface area contributed by atoms with Gasteiger partial charge in [0.2, 0.25) is 11.8 Å². The van der Waals surface area contributed by atoms with Gasteiger partial charge in [-0.05, 0) is 37.1 Å². The number of thioether (sulfide) groups is 1. The summed E-state index contributed by atoms with van der Waals surface area (Å²) in [5, 5.41) is 11.6. The Morgan fingerprint density at radius 3 is 2.55 bits per heavy atom. The number of carbonyl (C=O) groups excluding carboxylic acids is 2. The quantitative estimate of drug-likeness (QED) is 0.688. The van der Waals surface area contributed by atoms with E-state index in [2.05, 4.69) is 20.1 Å². The summed E-state index contributed by atoms with van der Waals surface area (Å²) in [5.41, 5.74) is 0.571. The number of nitrogens with one attached hydrogen (secondary N) is 1. The number of hydrogen-bond acceptors (Lipinski definition) is 6. The van der Waals surface area contributed by atoms with Crippen LogP contribution in [0.1, 0.15) is 18.9 Å². The van der Waals surface area contributed by atoms with Crippen molar-refractivity contribution >= 4 is 29.3 Å². The molecule has 0 spiro atoms. The van der Waals surface area contributed by atoms with E-state index in [1.165, 1.54) is 36.0 Å². The molecule has 1 N–H and O–H groups in total. The fourth-order valence-corrected chi connectivity index (χ4v) is 4.13. The second kappa shape index (κ2) is 8.91. The van der Waals surface area contributed by atoms with Crippen molar-refractivity contribution < 1.29 is 14.0 Å². The molecule has 1 aromatic carbocycles. The van der Waals surface area contributed by atoms with Gasteiger partial charge in [0, 0.05) is 37.9 Å². The maximum atomic E-state index is 12.9. The first-order valence-corrected chi connectivity index (χ1v) is 10.6. The number of benzene rings is 1. The highest BCUT2D eigenvalue weighted by Crippen LogP contribution is 2.37. The van der Waals surface area contributed by atoms with Crippen molar-refractivity contribution in [3.05, 3.63) is 36.4 Å². The molecule has 1 aliphatic heterocycles. The molecule has 2 heterocycles. The first-order chi connectivity index (χ1) is 14.1. The average molecular weight is 418 g/mol. The number of nitrogens with zero attached hydrogens (tertiary/aromatic N) is 5. The average Bonchev–Trinajstić information content (AvgIpc) is 3.46. The van der Waals surface area contributed by atoms with Gasteiger partial charge < -0.3 is 14.8 Å². The number of amides is 2. The van der Waals surface area contributed by atoms with E-state index in [0.717, 1.165) is 18.0 Å². The Labute approximate surface area is 172 Å². The van der Waals surface area contributed by atoms with Gasteiger partial charge in [0.05, 0.1) is 12.3 Å². The van der Waals surface area contributed by atoms with E-state index in [9.17, 15) is 14.0 Å². The number of aromatic nitrogens is 3. The lowest BCUT2D eigenvalue weighted by Gasteiger charge is -2.34. The van der Waals surface area contributed by atoms with E-state index >= 15 is 0 Å². The van der Waals surface area contributed by atoms with Crippen molar-refractivity contribution in [2.75, 3.05) is 43.8 Å². The van der Waals surface area contributed by atoms with Gasteiger partial charge in [-0.3, -0.25) is 14.5 Å². The Morgan fingerprint density at radius 2 is 1.86 bits per heavy atom. The van der Waals surface area contributed by atoms with Gasteiger partial charge in [-0.1, -0.05) is 11.8 Å². The lowest BCUT2D eigenvalue weighted by Crippen LogP contribution is -2.50. The van der Waals surface area contributed by atoms with Crippen molar-refractivity contribution in [2.45, 2.75) is 24.0 Å².